The first-order valence-corrected chi connectivity index (χ1v) is 10.6. The Morgan fingerprint density at radius 3 is 2.32 bits per heavy atom. The fraction of sp³-hybridized carbons (Fsp3) is 0.125. The summed E-state index contributed by atoms with van der Waals surface area (Å²) in [6, 6.07) is 20.2. The van der Waals surface area contributed by atoms with E-state index < -0.39 is 0 Å². The van der Waals surface area contributed by atoms with Crippen LogP contribution >= 0.6 is 15.9 Å². The van der Waals surface area contributed by atoms with Crippen LogP contribution < -0.4 is 15.6 Å². The van der Waals surface area contributed by atoms with E-state index in [1.807, 2.05) is 66.1 Å². The lowest BCUT2D eigenvalue weighted by atomic mass is 10.1. The second-order valence-corrected chi connectivity index (χ2v) is 7.72. The average molecular weight is 478 g/mol. The average Bonchev–Trinajstić information content (AvgIpc) is 2.78. The normalized spacial score (nSPS) is 11.3. The lowest BCUT2D eigenvalue weighted by Gasteiger charge is -2.14. The third kappa shape index (κ3) is 4.36. The van der Waals surface area contributed by atoms with Gasteiger partial charge >= 0.3 is 0 Å². The minimum Gasteiger partial charge on any atom is -0.493 e. The van der Waals surface area contributed by atoms with E-state index in [0.29, 0.717) is 28.4 Å². The molecular weight excluding hydrogens is 458 g/mol. The number of nitrogens with zero attached hydrogens (tertiary/aromatic N) is 2. The topological polar surface area (TPSA) is 72.7 Å². The number of hydrogen-bond donors (Lipinski definition) is 1. The molecule has 3 aromatic carbocycles. The van der Waals surface area contributed by atoms with Crippen molar-refractivity contribution in [2.24, 2.45) is 5.10 Å². The third-order valence-corrected chi connectivity index (χ3v) is 5.46. The van der Waals surface area contributed by atoms with E-state index in [0.717, 1.165) is 15.8 Å². The number of hydrazone groups is 1. The van der Waals surface area contributed by atoms with Crippen molar-refractivity contribution >= 4 is 49.9 Å². The molecule has 0 bridgehead atoms. The Kier molecular flexibility index (Phi) is 6.13. The van der Waals surface area contributed by atoms with Crippen LogP contribution in [0.3, 0.4) is 0 Å². The first kappa shape index (κ1) is 20.8. The van der Waals surface area contributed by atoms with Crippen LogP contribution in [0.1, 0.15) is 12.5 Å². The van der Waals surface area contributed by atoms with Gasteiger partial charge in [-0.05, 0) is 70.9 Å². The number of amides is 1. The van der Waals surface area contributed by atoms with Crippen molar-refractivity contribution in [2.75, 3.05) is 6.61 Å². The van der Waals surface area contributed by atoms with Gasteiger partial charge in [-0.25, -0.2) is 5.43 Å². The lowest BCUT2D eigenvalue weighted by molar-refractivity contribution is -0.121. The zero-order valence-corrected chi connectivity index (χ0v) is 18.4. The minimum atomic E-state index is -0.291. The molecule has 0 atom stereocenters. The maximum absolute atomic E-state index is 12.8. The molecule has 0 aliphatic carbocycles. The number of rotatable bonds is 6. The molecule has 0 fully saturated rings. The zero-order chi connectivity index (χ0) is 21.8. The highest BCUT2D eigenvalue weighted by Crippen LogP contribution is 2.25. The first-order chi connectivity index (χ1) is 15.1. The van der Waals surface area contributed by atoms with E-state index in [-0.39, 0.29) is 17.9 Å². The summed E-state index contributed by atoms with van der Waals surface area (Å²) < 4.78 is 8.15. The van der Waals surface area contributed by atoms with Gasteiger partial charge < -0.3 is 9.30 Å². The first-order valence-electron chi connectivity index (χ1n) is 9.83. The number of hydrogen-bond acceptors (Lipinski definition) is 4. The summed E-state index contributed by atoms with van der Waals surface area (Å²) in [5, 5.41) is 5.23. The number of para-hydroxylation sites is 2. The van der Waals surface area contributed by atoms with Crippen molar-refractivity contribution in [1.82, 2.24) is 9.99 Å². The van der Waals surface area contributed by atoms with Crippen molar-refractivity contribution in [3.8, 4) is 5.75 Å². The molecule has 6 nitrogen and oxygen atoms in total. The molecule has 4 rings (SSSR count). The van der Waals surface area contributed by atoms with Crippen LogP contribution in [0, 0.1) is 0 Å². The smallest absolute Gasteiger partial charge is 0.260 e. The van der Waals surface area contributed by atoms with Crippen LogP contribution in [0.25, 0.3) is 21.8 Å². The molecule has 1 heterocycles. The number of pyridine rings is 1. The monoisotopic (exact) mass is 477 g/mol. The SMILES string of the molecule is CCOc1ccc(/C=N\NC(=O)Cn2c3ccccc3c(=O)c3ccccc32)cc1Br. The van der Waals surface area contributed by atoms with Gasteiger partial charge in [0.05, 0.1) is 28.3 Å². The molecule has 0 aliphatic heterocycles. The number of carbonyl (C=O) groups excluding carboxylic acids is 1. The van der Waals surface area contributed by atoms with Gasteiger partial charge in [-0.15, -0.1) is 0 Å². The van der Waals surface area contributed by atoms with Gasteiger partial charge in [0.25, 0.3) is 5.91 Å². The number of halogens is 1. The van der Waals surface area contributed by atoms with E-state index in [1.165, 1.54) is 0 Å². The molecule has 0 spiro atoms. The summed E-state index contributed by atoms with van der Waals surface area (Å²) in [5.74, 6) is 0.459. The van der Waals surface area contributed by atoms with Crippen LogP contribution in [0.4, 0.5) is 0 Å². The summed E-state index contributed by atoms with van der Waals surface area (Å²) in [5.41, 5.74) is 4.76. The van der Waals surface area contributed by atoms with Gasteiger partial charge in [-0.2, -0.15) is 5.10 Å². The Balaban J connectivity index is 1.57. The van der Waals surface area contributed by atoms with Gasteiger partial charge in [0.1, 0.15) is 12.3 Å². The maximum atomic E-state index is 12.8. The molecule has 0 unspecified atom stereocenters. The summed E-state index contributed by atoms with van der Waals surface area (Å²) >= 11 is 3.46. The Bertz CT molecular complexity index is 1300. The molecular formula is C24H20BrN3O3. The van der Waals surface area contributed by atoms with E-state index in [2.05, 4.69) is 26.5 Å². The summed E-state index contributed by atoms with van der Waals surface area (Å²) in [6.07, 6.45) is 1.57. The number of carbonyl (C=O) groups is 1. The van der Waals surface area contributed by atoms with Crippen LogP contribution in [0.5, 0.6) is 5.75 Å². The fourth-order valence-corrected chi connectivity index (χ4v) is 3.99. The Morgan fingerprint density at radius 2 is 1.71 bits per heavy atom. The largest absolute Gasteiger partial charge is 0.493 e. The molecule has 31 heavy (non-hydrogen) atoms. The van der Waals surface area contributed by atoms with E-state index in [1.54, 1.807) is 18.3 Å². The zero-order valence-electron chi connectivity index (χ0n) is 16.8. The molecule has 1 aromatic heterocycles. The van der Waals surface area contributed by atoms with Crippen molar-refractivity contribution < 1.29 is 9.53 Å². The number of aromatic nitrogens is 1. The molecule has 0 radical (unpaired) electrons. The minimum absolute atomic E-state index is 0.0334. The van der Waals surface area contributed by atoms with Crippen LogP contribution in [-0.2, 0) is 11.3 Å². The number of nitrogens with one attached hydrogen (secondary N) is 1. The van der Waals surface area contributed by atoms with Crippen molar-refractivity contribution in [3.05, 3.63) is 87.0 Å². The van der Waals surface area contributed by atoms with Gasteiger partial charge in [0.15, 0.2) is 5.43 Å². The van der Waals surface area contributed by atoms with Gasteiger partial charge in [-0.3, -0.25) is 9.59 Å². The van der Waals surface area contributed by atoms with E-state index in [4.69, 9.17) is 4.74 Å². The molecule has 7 heteroatoms. The van der Waals surface area contributed by atoms with Crippen molar-refractivity contribution in [1.29, 1.82) is 0 Å². The fourth-order valence-electron chi connectivity index (χ4n) is 3.47. The molecule has 0 aliphatic rings. The standard InChI is InChI=1S/C24H20BrN3O3/c1-2-31-22-12-11-16(13-19(22)25)14-26-27-23(29)15-28-20-9-5-3-7-17(20)24(30)18-8-4-6-10-21(18)28/h3-14H,2,15H2,1H3,(H,27,29)/b26-14-. The second kappa shape index (κ2) is 9.14. The van der Waals surface area contributed by atoms with Crippen molar-refractivity contribution in [3.63, 3.8) is 0 Å². The highest BCUT2D eigenvalue weighted by atomic mass is 79.9. The highest BCUT2D eigenvalue weighted by molar-refractivity contribution is 9.10. The predicted octanol–water partition coefficient (Wildman–Crippen LogP) is 4.47. The Labute approximate surface area is 187 Å². The molecule has 156 valence electrons. The molecule has 0 saturated heterocycles. The van der Waals surface area contributed by atoms with E-state index in [9.17, 15) is 9.59 Å². The van der Waals surface area contributed by atoms with Gasteiger partial charge in [-0.1, -0.05) is 24.3 Å². The summed E-state index contributed by atoms with van der Waals surface area (Å²) in [4.78, 5) is 25.4. The maximum Gasteiger partial charge on any atom is 0.260 e. The quantitative estimate of drug-likeness (QED) is 0.253. The van der Waals surface area contributed by atoms with Gasteiger partial charge in [0.2, 0.25) is 0 Å². The van der Waals surface area contributed by atoms with E-state index >= 15 is 0 Å². The molecule has 1 amide bonds. The van der Waals surface area contributed by atoms with Crippen LogP contribution in [0.2, 0.25) is 0 Å². The Hall–Kier alpha value is -3.45. The molecule has 0 saturated carbocycles. The lowest BCUT2D eigenvalue weighted by Crippen LogP contribution is -2.25. The van der Waals surface area contributed by atoms with Crippen LogP contribution in [-0.4, -0.2) is 23.3 Å². The second-order valence-electron chi connectivity index (χ2n) is 6.87. The Morgan fingerprint density at radius 1 is 1.06 bits per heavy atom. The van der Waals surface area contributed by atoms with Crippen LogP contribution in [0.15, 0.2) is 81.1 Å². The molecule has 4 aromatic rings. The number of ether oxygens (including phenoxy) is 1. The predicted molar refractivity (Wildman–Crippen MR) is 127 cm³/mol. The number of benzene rings is 3. The summed E-state index contributed by atoms with van der Waals surface area (Å²) in [6.45, 7) is 2.54. The van der Waals surface area contributed by atoms with Gasteiger partial charge in [0, 0.05) is 10.8 Å². The highest BCUT2D eigenvalue weighted by Gasteiger charge is 2.12. The number of fused-ring (bicyclic) bond motifs is 2. The third-order valence-electron chi connectivity index (χ3n) is 4.84. The summed E-state index contributed by atoms with van der Waals surface area (Å²) in [7, 11) is 0. The van der Waals surface area contributed by atoms with Crippen molar-refractivity contribution in [2.45, 2.75) is 13.5 Å². The molecule has 1 N–H and O–H groups in total.